The van der Waals surface area contributed by atoms with Crippen LogP contribution >= 0.6 is 0 Å². The maximum Gasteiger partial charge on any atom is 0.0846 e. The highest BCUT2D eigenvalue weighted by Gasteiger charge is 2.28. The lowest BCUT2D eigenvalue weighted by atomic mass is 9.80. The van der Waals surface area contributed by atoms with Crippen LogP contribution in [0.15, 0.2) is 23.3 Å². The highest BCUT2D eigenvalue weighted by molar-refractivity contribution is 5.38. The summed E-state index contributed by atoms with van der Waals surface area (Å²) in [5.74, 6) is 0.682. The van der Waals surface area contributed by atoms with Gasteiger partial charge in [0.25, 0.3) is 0 Å². The summed E-state index contributed by atoms with van der Waals surface area (Å²) in [5, 5.41) is 0. The predicted octanol–water partition coefficient (Wildman–Crippen LogP) is 3.71. The van der Waals surface area contributed by atoms with E-state index in [4.69, 9.17) is 4.74 Å². The van der Waals surface area contributed by atoms with Gasteiger partial charge in [-0.25, -0.2) is 0 Å². The molecule has 0 spiro atoms. The third kappa shape index (κ3) is 1.78. The second-order valence-corrected chi connectivity index (χ2v) is 4.49. The third-order valence-electron chi connectivity index (χ3n) is 3.48. The minimum Gasteiger partial charge on any atom is -0.376 e. The van der Waals surface area contributed by atoms with Gasteiger partial charge in [0.2, 0.25) is 0 Å². The van der Waals surface area contributed by atoms with Crippen molar-refractivity contribution in [1.82, 2.24) is 0 Å². The minimum atomic E-state index is 0. The van der Waals surface area contributed by atoms with Gasteiger partial charge in [0, 0.05) is 8.54 Å². The van der Waals surface area contributed by atoms with Crippen LogP contribution in [0.25, 0.3) is 0 Å². The summed E-state index contributed by atoms with van der Waals surface area (Å²) in [7, 11) is 1.84. The quantitative estimate of drug-likeness (QED) is 0.618. The van der Waals surface area contributed by atoms with E-state index in [1.807, 2.05) is 7.11 Å². The molecule has 2 atom stereocenters. The van der Waals surface area contributed by atoms with Gasteiger partial charge in [0.15, 0.2) is 0 Å². The van der Waals surface area contributed by atoms with Gasteiger partial charge in [-0.05, 0) is 49.2 Å². The number of fused-ring (bicyclic) bond motifs is 1. The summed E-state index contributed by atoms with van der Waals surface area (Å²) in [5.41, 5.74) is 3.05. The molecule has 0 aliphatic heterocycles. The van der Waals surface area contributed by atoms with Crippen molar-refractivity contribution in [2.75, 3.05) is 7.11 Å². The first-order valence-corrected chi connectivity index (χ1v) is 5.75. The Hall–Kier alpha value is -0.560. The summed E-state index contributed by atoms with van der Waals surface area (Å²) < 4.78 is 5.62. The second kappa shape index (κ2) is 4.31. The molecule has 0 saturated heterocycles. The molecule has 1 fully saturated rings. The van der Waals surface area contributed by atoms with Crippen molar-refractivity contribution >= 4 is 0 Å². The number of rotatable bonds is 1. The van der Waals surface area contributed by atoms with E-state index in [9.17, 15) is 0 Å². The summed E-state index contributed by atoms with van der Waals surface area (Å²) in [6.07, 6.45) is 11.5. The normalized spacial score (nSPS) is 32.7. The van der Waals surface area contributed by atoms with Gasteiger partial charge in [0.05, 0.1) is 6.10 Å². The van der Waals surface area contributed by atoms with Crippen molar-refractivity contribution in [2.45, 2.75) is 45.1 Å². The molecule has 1 nitrogen and oxygen atoms in total. The summed E-state index contributed by atoms with van der Waals surface area (Å²) >= 11 is 0. The molecule has 80 valence electrons. The molecule has 0 radical (unpaired) electrons. The number of hydrogen-bond acceptors (Lipinski definition) is 1. The van der Waals surface area contributed by atoms with Crippen molar-refractivity contribution in [3.8, 4) is 0 Å². The standard InChI is InChI=1S/C13H20O.H2/c1-10-8-9-11-6-4-3-5-7-12(11)13(10)14-2;/h6-7,10,13H,3-5,8-9H2,1-2H3;1H/t10-,13-;/m1./s1. The van der Waals surface area contributed by atoms with Crippen molar-refractivity contribution in [1.29, 1.82) is 0 Å². The Bertz CT molecular complexity index is 268. The Morgan fingerprint density at radius 2 is 2.14 bits per heavy atom. The van der Waals surface area contributed by atoms with Gasteiger partial charge < -0.3 is 4.74 Å². The molecule has 2 rings (SSSR count). The second-order valence-electron chi connectivity index (χ2n) is 4.49. The minimum absolute atomic E-state index is 0. The molecule has 0 unspecified atom stereocenters. The Labute approximate surface area is 88.3 Å². The molecule has 2 aliphatic carbocycles. The van der Waals surface area contributed by atoms with E-state index in [0.717, 1.165) is 0 Å². The molecule has 0 aromatic rings. The first-order valence-electron chi connectivity index (χ1n) is 5.75. The molecule has 0 N–H and O–H groups in total. The largest absolute Gasteiger partial charge is 0.376 e. The number of ether oxygens (including phenoxy) is 1. The van der Waals surface area contributed by atoms with E-state index in [2.05, 4.69) is 19.1 Å². The van der Waals surface area contributed by atoms with E-state index in [0.29, 0.717) is 12.0 Å². The van der Waals surface area contributed by atoms with Crippen molar-refractivity contribution in [3.05, 3.63) is 23.3 Å². The SMILES string of the molecule is CO[C@H]1C2=CCCCC=C2CC[C@H]1C.[HH]. The lowest BCUT2D eigenvalue weighted by Gasteiger charge is -2.32. The van der Waals surface area contributed by atoms with Crippen molar-refractivity contribution in [3.63, 3.8) is 0 Å². The first kappa shape index (κ1) is 9.97. The van der Waals surface area contributed by atoms with Crippen LogP contribution in [0.3, 0.4) is 0 Å². The van der Waals surface area contributed by atoms with Gasteiger partial charge in [-0.15, -0.1) is 0 Å². The van der Waals surface area contributed by atoms with E-state index in [-0.39, 0.29) is 1.43 Å². The van der Waals surface area contributed by atoms with E-state index >= 15 is 0 Å². The van der Waals surface area contributed by atoms with Gasteiger partial charge in [-0.1, -0.05) is 19.1 Å². The van der Waals surface area contributed by atoms with Crippen LogP contribution in [0, 0.1) is 5.92 Å². The zero-order valence-electron chi connectivity index (χ0n) is 9.25. The monoisotopic (exact) mass is 194 g/mol. The topological polar surface area (TPSA) is 9.23 Å². The Kier molecular flexibility index (Phi) is 3.07. The fourth-order valence-electron chi connectivity index (χ4n) is 2.65. The zero-order chi connectivity index (χ0) is 9.97. The smallest absolute Gasteiger partial charge is 0.0846 e. The van der Waals surface area contributed by atoms with Crippen molar-refractivity contribution < 1.29 is 6.16 Å². The molecule has 0 aromatic heterocycles. The molecular formula is C13H22O. The zero-order valence-corrected chi connectivity index (χ0v) is 9.25. The number of allylic oxidation sites excluding steroid dienone is 2. The lowest BCUT2D eigenvalue weighted by molar-refractivity contribution is 0.0775. The number of hydrogen-bond donors (Lipinski definition) is 0. The summed E-state index contributed by atoms with van der Waals surface area (Å²) in [4.78, 5) is 0. The van der Waals surface area contributed by atoms with Crippen LogP contribution in [0.2, 0.25) is 0 Å². The van der Waals surface area contributed by atoms with Crippen LogP contribution in [0.1, 0.15) is 40.5 Å². The van der Waals surface area contributed by atoms with Gasteiger partial charge in [-0.2, -0.15) is 0 Å². The average Bonchev–Trinajstić information content (AvgIpc) is 2.42. The van der Waals surface area contributed by atoms with E-state index in [1.165, 1.54) is 37.7 Å². The fraction of sp³-hybridized carbons (Fsp3) is 0.692. The molecular weight excluding hydrogens is 172 g/mol. The molecule has 2 aliphatic rings. The molecule has 1 heteroatoms. The van der Waals surface area contributed by atoms with Gasteiger partial charge >= 0.3 is 0 Å². The Morgan fingerprint density at radius 1 is 1.36 bits per heavy atom. The van der Waals surface area contributed by atoms with Crippen LogP contribution in [-0.4, -0.2) is 13.2 Å². The third-order valence-corrected chi connectivity index (χ3v) is 3.48. The average molecular weight is 194 g/mol. The lowest BCUT2D eigenvalue weighted by Crippen LogP contribution is -2.28. The van der Waals surface area contributed by atoms with Crippen LogP contribution in [0.4, 0.5) is 0 Å². The number of methoxy groups -OCH3 is 1. The van der Waals surface area contributed by atoms with Gasteiger partial charge in [-0.3, -0.25) is 0 Å². The highest BCUT2D eigenvalue weighted by atomic mass is 16.5. The maximum atomic E-state index is 5.62. The molecule has 1 saturated carbocycles. The van der Waals surface area contributed by atoms with Crippen LogP contribution in [0.5, 0.6) is 0 Å². The molecule has 0 bridgehead atoms. The van der Waals surface area contributed by atoms with Crippen LogP contribution < -0.4 is 0 Å². The molecule has 0 aromatic carbocycles. The fourth-order valence-corrected chi connectivity index (χ4v) is 2.65. The molecule has 0 amide bonds. The Morgan fingerprint density at radius 3 is 2.93 bits per heavy atom. The highest BCUT2D eigenvalue weighted by Crippen LogP contribution is 2.36. The van der Waals surface area contributed by atoms with Gasteiger partial charge in [0.1, 0.15) is 0 Å². The summed E-state index contributed by atoms with van der Waals surface area (Å²) in [6, 6.07) is 0. The predicted molar refractivity (Wildman–Crippen MR) is 61.3 cm³/mol. The first-order chi connectivity index (χ1) is 6.83. The molecule has 14 heavy (non-hydrogen) atoms. The maximum absolute atomic E-state index is 5.62. The molecule has 0 heterocycles. The van der Waals surface area contributed by atoms with Crippen molar-refractivity contribution in [2.24, 2.45) is 5.92 Å². The van der Waals surface area contributed by atoms with E-state index < -0.39 is 0 Å². The Balaban J connectivity index is 0.00000112. The van der Waals surface area contributed by atoms with Crippen LogP contribution in [-0.2, 0) is 4.74 Å². The van der Waals surface area contributed by atoms with E-state index in [1.54, 1.807) is 5.57 Å². The summed E-state index contributed by atoms with van der Waals surface area (Å²) in [6.45, 7) is 2.30.